The number of anilines is 1. The second kappa shape index (κ2) is 9.17. The molecule has 2 aromatic carbocycles. The Morgan fingerprint density at radius 2 is 1.92 bits per heavy atom. The van der Waals surface area contributed by atoms with E-state index in [0.29, 0.717) is 18.5 Å². The zero-order valence-electron chi connectivity index (χ0n) is 21.5. The molecule has 3 saturated heterocycles. The van der Waals surface area contributed by atoms with Gasteiger partial charge >= 0.3 is 5.97 Å². The standard InChI is InChI=1S/C29H34N2O5S/c1-5-14-30(20-11-10-18-8-6-7-9-19(18)15-20)26(34)24-29-13-12-28(4,37-29)23(27(35)36)22(29)25(33)31(24)21(16-32)17(2)3/h5-11,15,17,21-24,32H,1,12-14,16H2,2-4H3,(H,35,36)/t21-,22-,23-,24?,28+,29?/m0/s1. The summed E-state index contributed by atoms with van der Waals surface area (Å²) in [4.78, 5) is 44.4. The van der Waals surface area contributed by atoms with Crippen molar-refractivity contribution in [3.63, 3.8) is 0 Å². The number of fused-ring (bicyclic) bond motifs is 2. The molecule has 3 aliphatic rings. The summed E-state index contributed by atoms with van der Waals surface area (Å²) >= 11 is 1.51. The number of likely N-dealkylation sites (tertiary alicyclic amines) is 1. The first-order valence-corrected chi connectivity index (χ1v) is 13.7. The molecule has 1 spiro atoms. The van der Waals surface area contributed by atoms with E-state index in [4.69, 9.17) is 0 Å². The van der Waals surface area contributed by atoms with Crippen molar-refractivity contribution in [1.29, 1.82) is 0 Å². The number of nitrogens with zero attached hydrogens (tertiary/aromatic N) is 2. The van der Waals surface area contributed by atoms with Gasteiger partial charge < -0.3 is 20.0 Å². The van der Waals surface area contributed by atoms with Crippen LogP contribution in [0.25, 0.3) is 10.8 Å². The molecular formula is C29H34N2O5S. The maximum absolute atomic E-state index is 14.6. The van der Waals surface area contributed by atoms with Gasteiger partial charge in [-0.15, -0.1) is 18.3 Å². The Kier molecular flexibility index (Phi) is 6.39. The second-order valence-corrected chi connectivity index (χ2v) is 13.0. The summed E-state index contributed by atoms with van der Waals surface area (Å²) in [6.07, 6.45) is 2.87. The Morgan fingerprint density at radius 1 is 1.22 bits per heavy atom. The molecule has 3 aliphatic heterocycles. The summed E-state index contributed by atoms with van der Waals surface area (Å²) < 4.78 is -1.47. The molecule has 2 bridgehead atoms. The number of aliphatic carboxylic acids is 1. The minimum absolute atomic E-state index is 0.117. The van der Waals surface area contributed by atoms with E-state index in [0.717, 1.165) is 10.8 Å². The van der Waals surface area contributed by atoms with Gasteiger partial charge in [0.1, 0.15) is 6.04 Å². The lowest BCUT2D eigenvalue weighted by molar-refractivity contribution is -0.151. The van der Waals surface area contributed by atoms with Crippen LogP contribution >= 0.6 is 11.8 Å². The third kappa shape index (κ3) is 3.71. The molecule has 3 heterocycles. The molecule has 0 saturated carbocycles. The van der Waals surface area contributed by atoms with Gasteiger partial charge in [-0.2, -0.15) is 0 Å². The van der Waals surface area contributed by atoms with Gasteiger partial charge in [0.05, 0.1) is 29.2 Å². The monoisotopic (exact) mass is 522 g/mol. The SMILES string of the molecule is C=CCN(C(=O)C1N([C@@H](CO)C(C)C)C(=O)[C@@H]2[C@@H](C(=O)O)[C@@]3(C)CCC12S3)c1ccc2ccccc2c1. The largest absolute Gasteiger partial charge is 0.481 e. The predicted octanol–water partition coefficient (Wildman–Crippen LogP) is 3.94. The van der Waals surface area contributed by atoms with E-state index < -0.39 is 39.4 Å². The Balaban J connectivity index is 1.65. The number of hydrogen-bond acceptors (Lipinski definition) is 5. The highest BCUT2D eigenvalue weighted by atomic mass is 32.2. The third-order valence-electron chi connectivity index (χ3n) is 8.65. The lowest BCUT2D eigenvalue weighted by Gasteiger charge is -2.40. The quantitative estimate of drug-likeness (QED) is 0.510. The number of carboxylic acid groups (broad SMARTS) is 1. The smallest absolute Gasteiger partial charge is 0.308 e. The number of amides is 2. The van der Waals surface area contributed by atoms with Crippen LogP contribution in [-0.4, -0.2) is 67.6 Å². The topological polar surface area (TPSA) is 98.2 Å². The first kappa shape index (κ1) is 25.8. The Labute approximate surface area is 221 Å². The number of carbonyl (C=O) groups excluding carboxylic acids is 2. The molecule has 8 heteroatoms. The summed E-state index contributed by atoms with van der Waals surface area (Å²) in [6, 6.07) is 12.3. The van der Waals surface area contributed by atoms with Crippen LogP contribution in [0.5, 0.6) is 0 Å². The van der Waals surface area contributed by atoms with Crippen LogP contribution in [0.3, 0.4) is 0 Å². The van der Waals surface area contributed by atoms with E-state index in [2.05, 4.69) is 6.58 Å². The molecule has 2 aromatic rings. The second-order valence-electron chi connectivity index (χ2n) is 11.1. The van der Waals surface area contributed by atoms with E-state index in [-0.39, 0.29) is 30.9 Å². The van der Waals surface area contributed by atoms with Gasteiger partial charge in [0.15, 0.2) is 0 Å². The highest BCUT2D eigenvalue weighted by molar-refractivity contribution is 8.02. The van der Waals surface area contributed by atoms with Gasteiger partial charge in [0, 0.05) is 17.0 Å². The first-order chi connectivity index (χ1) is 17.6. The van der Waals surface area contributed by atoms with Crippen molar-refractivity contribution in [3.05, 3.63) is 55.1 Å². The van der Waals surface area contributed by atoms with Crippen molar-refractivity contribution in [2.24, 2.45) is 17.8 Å². The number of carbonyl (C=O) groups is 3. The maximum Gasteiger partial charge on any atom is 0.308 e. The summed E-state index contributed by atoms with van der Waals surface area (Å²) in [5, 5.41) is 22.6. The maximum atomic E-state index is 14.6. The molecule has 196 valence electrons. The van der Waals surface area contributed by atoms with Gasteiger partial charge in [-0.1, -0.05) is 50.3 Å². The van der Waals surface area contributed by atoms with E-state index in [1.54, 1.807) is 15.9 Å². The third-order valence-corrected chi connectivity index (χ3v) is 10.6. The molecule has 2 amide bonds. The van der Waals surface area contributed by atoms with Gasteiger partial charge in [0.25, 0.3) is 5.91 Å². The van der Waals surface area contributed by atoms with Gasteiger partial charge in [-0.05, 0) is 48.6 Å². The summed E-state index contributed by atoms with van der Waals surface area (Å²) in [5.41, 5.74) is 0.694. The van der Waals surface area contributed by atoms with Crippen molar-refractivity contribution >= 4 is 46.0 Å². The van der Waals surface area contributed by atoms with Crippen molar-refractivity contribution in [3.8, 4) is 0 Å². The van der Waals surface area contributed by atoms with E-state index >= 15 is 0 Å². The lowest BCUT2D eigenvalue weighted by atomic mass is 9.66. The Bertz CT molecular complexity index is 1280. The number of aliphatic hydroxyl groups is 1. The van der Waals surface area contributed by atoms with Gasteiger partial charge in [0.2, 0.25) is 5.91 Å². The van der Waals surface area contributed by atoms with Crippen molar-refractivity contribution in [2.75, 3.05) is 18.1 Å². The van der Waals surface area contributed by atoms with E-state index in [1.807, 2.05) is 63.2 Å². The van der Waals surface area contributed by atoms with Crippen LogP contribution in [0.15, 0.2) is 55.1 Å². The van der Waals surface area contributed by atoms with Crippen molar-refractivity contribution in [2.45, 2.75) is 55.2 Å². The molecule has 5 rings (SSSR count). The molecule has 0 aliphatic carbocycles. The van der Waals surface area contributed by atoms with Crippen LogP contribution < -0.4 is 4.90 Å². The fourth-order valence-electron chi connectivity index (χ4n) is 6.94. The van der Waals surface area contributed by atoms with Crippen LogP contribution in [0, 0.1) is 17.8 Å². The fraction of sp³-hybridized carbons (Fsp3) is 0.483. The van der Waals surface area contributed by atoms with Gasteiger partial charge in [-0.3, -0.25) is 14.4 Å². The predicted molar refractivity (Wildman–Crippen MR) is 145 cm³/mol. The van der Waals surface area contributed by atoms with Crippen LogP contribution in [0.4, 0.5) is 5.69 Å². The summed E-state index contributed by atoms with van der Waals surface area (Å²) in [7, 11) is 0. The summed E-state index contributed by atoms with van der Waals surface area (Å²) in [6.45, 7) is 9.55. The minimum Gasteiger partial charge on any atom is -0.481 e. The average Bonchev–Trinajstić information content (AvgIpc) is 3.43. The van der Waals surface area contributed by atoms with E-state index in [9.17, 15) is 24.6 Å². The molecule has 0 aromatic heterocycles. The van der Waals surface area contributed by atoms with Crippen LogP contribution in [-0.2, 0) is 14.4 Å². The molecular weight excluding hydrogens is 488 g/mol. The molecule has 0 radical (unpaired) electrons. The number of hydrogen-bond donors (Lipinski definition) is 2. The number of rotatable bonds is 8. The van der Waals surface area contributed by atoms with Crippen molar-refractivity contribution in [1.82, 2.24) is 4.90 Å². The number of thioether (sulfide) groups is 1. The fourth-order valence-corrected chi connectivity index (χ4v) is 9.27. The van der Waals surface area contributed by atoms with Crippen LogP contribution in [0.1, 0.15) is 33.6 Å². The van der Waals surface area contributed by atoms with Crippen molar-refractivity contribution < 1.29 is 24.6 Å². The van der Waals surface area contributed by atoms with Crippen LogP contribution in [0.2, 0.25) is 0 Å². The molecule has 3 fully saturated rings. The zero-order chi connectivity index (χ0) is 26.7. The normalized spacial score (nSPS) is 31.1. The molecule has 2 unspecified atom stereocenters. The molecule has 6 atom stereocenters. The lowest BCUT2D eigenvalue weighted by Crippen LogP contribution is -2.58. The highest BCUT2D eigenvalue weighted by Crippen LogP contribution is 2.71. The van der Waals surface area contributed by atoms with Gasteiger partial charge in [-0.25, -0.2) is 0 Å². The van der Waals surface area contributed by atoms with E-state index in [1.165, 1.54) is 11.8 Å². The molecule has 37 heavy (non-hydrogen) atoms. The Morgan fingerprint density at radius 3 is 2.54 bits per heavy atom. The highest BCUT2D eigenvalue weighted by Gasteiger charge is 2.78. The molecule has 7 nitrogen and oxygen atoms in total. The Hall–Kier alpha value is -2.84. The summed E-state index contributed by atoms with van der Waals surface area (Å²) in [5.74, 6) is -3.38. The zero-order valence-corrected chi connectivity index (χ0v) is 22.3. The number of aliphatic hydroxyl groups excluding tert-OH is 1. The average molecular weight is 523 g/mol. The first-order valence-electron chi connectivity index (χ1n) is 12.9. The molecule has 2 N–H and O–H groups in total. The minimum atomic E-state index is -0.995. The number of benzene rings is 2. The number of carboxylic acids is 1.